The number of nitrogens with zero attached hydrogens (tertiary/aromatic N) is 1. The molecular formula is C23H26F3N3O8S. The van der Waals surface area contributed by atoms with Crippen LogP contribution in [0.15, 0.2) is 59.1 Å². The third-order valence-electron chi connectivity index (χ3n) is 4.73. The predicted molar refractivity (Wildman–Crippen MR) is 131 cm³/mol. The Hall–Kier alpha value is -3.85. The summed E-state index contributed by atoms with van der Waals surface area (Å²) in [6.45, 7) is 3.43. The number of rotatable bonds is 10. The van der Waals surface area contributed by atoms with E-state index in [2.05, 4.69) is 5.32 Å². The molecule has 1 atom stereocenters. The lowest BCUT2D eigenvalue weighted by Gasteiger charge is -2.28. The topological polar surface area (TPSA) is 182 Å². The highest BCUT2D eigenvalue weighted by Gasteiger charge is 2.42. The van der Waals surface area contributed by atoms with Gasteiger partial charge >= 0.3 is 24.1 Å². The zero-order valence-corrected chi connectivity index (χ0v) is 21.1. The Morgan fingerprint density at radius 2 is 1.84 bits per heavy atom. The summed E-state index contributed by atoms with van der Waals surface area (Å²) in [6.07, 6.45) is -3.52. The van der Waals surface area contributed by atoms with E-state index in [0.717, 1.165) is 12.1 Å². The van der Waals surface area contributed by atoms with E-state index in [9.17, 15) is 37.7 Å². The van der Waals surface area contributed by atoms with E-state index in [0.29, 0.717) is 30.1 Å². The van der Waals surface area contributed by atoms with Gasteiger partial charge in [-0.25, -0.2) is 14.4 Å². The quantitative estimate of drug-likeness (QED) is 0.108. The van der Waals surface area contributed by atoms with E-state index in [1.165, 1.54) is 30.8 Å². The molecule has 0 spiro atoms. The van der Waals surface area contributed by atoms with Gasteiger partial charge in [-0.15, -0.1) is 0 Å². The lowest BCUT2D eigenvalue weighted by molar-refractivity contribution is -0.431. The molecule has 0 bridgehead atoms. The number of benzene rings is 1. The molecule has 1 aliphatic heterocycles. The molecule has 208 valence electrons. The van der Waals surface area contributed by atoms with Crippen molar-refractivity contribution in [3.63, 3.8) is 0 Å². The van der Waals surface area contributed by atoms with E-state index >= 15 is 0 Å². The van der Waals surface area contributed by atoms with Crippen LogP contribution in [-0.2, 0) is 25.3 Å². The molecule has 15 heteroatoms. The molecule has 38 heavy (non-hydrogen) atoms. The van der Waals surface area contributed by atoms with Crippen molar-refractivity contribution in [3.05, 3.63) is 80.3 Å². The average molecular weight is 562 g/mol. The number of nitrogens with one attached hydrogen (secondary N) is 1. The highest BCUT2D eigenvalue weighted by Crippen LogP contribution is 2.41. The maximum atomic E-state index is 13.2. The minimum atomic E-state index is -4.63. The van der Waals surface area contributed by atoms with Gasteiger partial charge in [0.15, 0.2) is 0 Å². The van der Waals surface area contributed by atoms with Crippen molar-refractivity contribution in [2.24, 2.45) is 5.73 Å². The van der Waals surface area contributed by atoms with Crippen LogP contribution in [0.3, 0.4) is 0 Å². The van der Waals surface area contributed by atoms with E-state index in [-0.39, 0.29) is 29.2 Å². The number of carboxylic acid groups (broad SMARTS) is 2. The maximum absolute atomic E-state index is 13.2. The lowest BCUT2D eigenvalue weighted by atomic mass is 9.83. The molecule has 2 rings (SSSR count). The molecule has 1 heterocycles. The molecule has 5 N–H and O–H groups in total. The van der Waals surface area contributed by atoms with Crippen LogP contribution in [0.4, 0.5) is 13.2 Å². The highest BCUT2D eigenvalue weighted by atomic mass is 32.2. The number of esters is 1. The van der Waals surface area contributed by atoms with Crippen molar-refractivity contribution >= 4 is 29.7 Å². The summed E-state index contributed by atoms with van der Waals surface area (Å²) >= 11 is 1.39. The molecule has 11 nitrogen and oxygen atoms in total. The number of nitrogens with two attached hydrogens (primary N) is 1. The van der Waals surface area contributed by atoms with Crippen LogP contribution in [0.2, 0.25) is 0 Å². The van der Waals surface area contributed by atoms with Crippen LogP contribution < -0.4 is 11.1 Å². The second-order valence-corrected chi connectivity index (χ2v) is 8.52. The van der Waals surface area contributed by atoms with E-state index < -0.39 is 46.2 Å². The minimum Gasteiger partial charge on any atom is -0.478 e. The van der Waals surface area contributed by atoms with Gasteiger partial charge in [-0.1, -0.05) is 18.2 Å². The average Bonchev–Trinajstić information content (AvgIpc) is 2.82. The Kier molecular flexibility index (Phi) is 12.5. The molecule has 1 aromatic carbocycles. The van der Waals surface area contributed by atoms with Crippen molar-refractivity contribution in [1.82, 2.24) is 5.32 Å². The Bertz CT molecular complexity index is 1130. The monoisotopic (exact) mass is 561 g/mol. The van der Waals surface area contributed by atoms with Crippen LogP contribution in [0, 0.1) is 10.1 Å². The summed E-state index contributed by atoms with van der Waals surface area (Å²) in [5.41, 5.74) is 4.57. The molecule has 0 radical (unpaired) electrons. The van der Waals surface area contributed by atoms with Gasteiger partial charge < -0.3 is 26.0 Å². The van der Waals surface area contributed by atoms with E-state index in [1.807, 2.05) is 0 Å². The molecule has 1 unspecified atom stereocenters. The fraction of sp³-hybridized carbons (Fsp3) is 0.348. The number of allylic oxidation sites excluding steroid dienone is 2. The predicted octanol–water partition coefficient (Wildman–Crippen LogP) is 3.12. The molecule has 1 aliphatic rings. The number of carbonyl (C=O) groups is 3. The van der Waals surface area contributed by atoms with Gasteiger partial charge in [0, 0.05) is 35.9 Å². The molecule has 0 amide bonds. The van der Waals surface area contributed by atoms with Crippen molar-refractivity contribution in [3.8, 4) is 0 Å². The Morgan fingerprint density at radius 1 is 1.24 bits per heavy atom. The van der Waals surface area contributed by atoms with Crippen LogP contribution in [-0.4, -0.2) is 57.7 Å². The van der Waals surface area contributed by atoms with Crippen LogP contribution >= 0.6 is 11.8 Å². The summed E-state index contributed by atoms with van der Waals surface area (Å²) in [4.78, 5) is 43.0. The van der Waals surface area contributed by atoms with Crippen molar-refractivity contribution in [2.75, 3.05) is 24.7 Å². The highest BCUT2D eigenvalue weighted by molar-refractivity contribution is 7.99. The molecule has 0 aromatic heterocycles. The fourth-order valence-electron chi connectivity index (χ4n) is 3.31. The molecule has 0 saturated heterocycles. The number of halogens is 3. The molecule has 1 aromatic rings. The molecule has 0 aliphatic carbocycles. The number of carboxylic acids is 2. The van der Waals surface area contributed by atoms with E-state index in [1.54, 1.807) is 6.92 Å². The Morgan fingerprint density at radius 3 is 2.32 bits per heavy atom. The van der Waals surface area contributed by atoms with Gasteiger partial charge in [-0.2, -0.15) is 24.9 Å². The first-order valence-corrected chi connectivity index (χ1v) is 12.0. The second-order valence-electron chi connectivity index (χ2n) is 7.41. The summed E-state index contributed by atoms with van der Waals surface area (Å²) in [5, 5.41) is 30.3. The van der Waals surface area contributed by atoms with Gasteiger partial charge in [-0.3, -0.25) is 10.1 Å². The van der Waals surface area contributed by atoms with Crippen LogP contribution in [0.25, 0.3) is 0 Å². The van der Waals surface area contributed by atoms with Gasteiger partial charge in [0.1, 0.15) is 5.92 Å². The number of hydrogen-bond donors (Lipinski definition) is 4. The molecule has 0 saturated carbocycles. The van der Waals surface area contributed by atoms with Gasteiger partial charge in [-0.05, 0) is 25.5 Å². The smallest absolute Gasteiger partial charge is 0.416 e. The van der Waals surface area contributed by atoms with Crippen molar-refractivity contribution < 1.29 is 47.4 Å². The largest absolute Gasteiger partial charge is 0.478 e. The van der Waals surface area contributed by atoms with Crippen LogP contribution in [0.5, 0.6) is 0 Å². The third-order valence-corrected chi connectivity index (χ3v) is 5.74. The van der Waals surface area contributed by atoms with Crippen molar-refractivity contribution in [2.45, 2.75) is 25.9 Å². The number of hydrogen-bond acceptors (Lipinski definition) is 9. The first-order valence-electron chi connectivity index (χ1n) is 10.9. The number of alkyl halides is 3. The standard InChI is InChI=1S/C19H22F3N3O4S.C4H4O4/c1-3-29-18(26)16-14(10-30-8-7-23)24-11(2)17(25(27)28)15(16)12-5-4-6-13(9-12)19(20,21)22;5-3(6)1-2-4(7)8/h4-6,9,15,24H,3,7-8,10,23H2,1-2H3;1-2H,(H,5,6)(H,7,8)/b;2-1+. The third kappa shape index (κ3) is 9.55. The first kappa shape index (κ1) is 32.2. The molecular weight excluding hydrogens is 535 g/mol. The number of dihydropyridines is 1. The van der Waals surface area contributed by atoms with E-state index in [4.69, 9.17) is 20.7 Å². The summed E-state index contributed by atoms with van der Waals surface area (Å²) in [7, 11) is 0. The summed E-state index contributed by atoms with van der Waals surface area (Å²) in [6, 6.07) is 4.21. The first-order chi connectivity index (χ1) is 17.7. The maximum Gasteiger partial charge on any atom is 0.416 e. The SMILES string of the molecule is CCOC(=O)C1=C(CSCCN)NC(C)=C([N+](=O)[O-])C1c1cccc(C(F)(F)F)c1.O=C(O)/C=C/C(=O)O. The Balaban J connectivity index is 0.000000781. The Labute approximate surface area is 219 Å². The number of aliphatic carboxylic acids is 2. The minimum absolute atomic E-state index is 0.0113. The number of ether oxygens (including phenoxy) is 1. The van der Waals surface area contributed by atoms with Crippen LogP contribution in [0.1, 0.15) is 30.9 Å². The van der Waals surface area contributed by atoms with Crippen molar-refractivity contribution in [1.29, 1.82) is 0 Å². The number of carbonyl (C=O) groups excluding carboxylic acids is 1. The second kappa shape index (κ2) is 14.8. The van der Waals surface area contributed by atoms with Gasteiger partial charge in [0.05, 0.1) is 28.4 Å². The van der Waals surface area contributed by atoms with Gasteiger partial charge in [0.2, 0.25) is 0 Å². The lowest BCUT2D eigenvalue weighted by Crippen LogP contribution is -2.33. The fourth-order valence-corrected chi connectivity index (χ4v) is 4.05. The number of nitro groups is 1. The zero-order chi connectivity index (χ0) is 29.0. The normalized spacial score (nSPS) is 15.5. The summed E-state index contributed by atoms with van der Waals surface area (Å²) < 4.78 is 44.8. The zero-order valence-electron chi connectivity index (χ0n) is 20.3. The van der Waals surface area contributed by atoms with Gasteiger partial charge in [0.25, 0.3) is 5.70 Å². The molecule has 0 fully saturated rings. The summed E-state index contributed by atoms with van der Waals surface area (Å²) in [5.74, 6) is -3.80. The number of thioether (sulfide) groups is 1.